The Hall–Kier alpha value is -1.07. The number of piperidine rings is 1. The number of amides is 2. The summed E-state index contributed by atoms with van der Waals surface area (Å²) >= 11 is 0. The quantitative estimate of drug-likeness (QED) is 0.736. The largest absolute Gasteiger partial charge is 0.350 e. The molecule has 17 heavy (non-hydrogen) atoms. The Bertz CT molecular complexity index is 277. The number of nitrogens with one attached hydrogen (secondary N) is 1. The topological polar surface area (TPSA) is 50.8 Å². The highest BCUT2D eigenvalue weighted by atomic mass is 16.7. The molecule has 1 spiro atoms. The van der Waals surface area contributed by atoms with Crippen molar-refractivity contribution < 1.29 is 14.3 Å². The van der Waals surface area contributed by atoms with Gasteiger partial charge in [-0.3, -0.25) is 0 Å². The summed E-state index contributed by atoms with van der Waals surface area (Å²) in [6, 6.07) is -0.0319. The fraction of sp³-hybridized carbons (Fsp3) is 0.750. The summed E-state index contributed by atoms with van der Waals surface area (Å²) in [7, 11) is 0. The minimum absolute atomic E-state index is 0.0319. The van der Waals surface area contributed by atoms with Crippen LogP contribution in [0.4, 0.5) is 4.79 Å². The zero-order valence-electron chi connectivity index (χ0n) is 10.1. The van der Waals surface area contributed by atoms with Crippen LogP contribution in [-0.4, -0.2) is 49.6 Å². The number of carbonyl (C=O) groups is 1. The first kappa shape index (κ1) is 12.4. The lowest BCUT2D eigenvalue weighted by Crippen LogP contribution is -2.53. The molecule has 0 aromatic carbocycles. The molecule has 0 aliphatic carbocycles. The van der Waals surface area contributed by atoms with Crippen LogP contribution >= 0.6 is 0 Å². The Morgan fingerprint density at radius 2 is 2.00 bits per heavy atom. The highest BCUT2D eigenvalue weighted by Gasteiger charge is 2.39. The molecule has 0 unspecified atom stereocenters. The van der Waals surface area contributed by atoms with E-state index in [1.165, 1.54) is 0 Å². The summed E-state index contributed by atoms with van der Waals surface area (Å²) in [5, 5.41) is 2.78. The minimum atomic E-state index is -0.423. The minimum Gasteiger partial charge on any atom is -0.350 e. The van der Waals surface area contributed by atoms with E-state index in [1.807, 2.05) is 0 Å². The van der Waals surface area contributed by atoms with Crippen LogP contribution in [0.1, 0.15) is 19.3 Å². The van der Waals surface area contributed by atoms with Crippen molar-refractivity contribution in [1.82, 2.24) is 10.2 Å². The Labute approximate surface area is 102 Å². The Kier molecular flexibility index (Phi) is 4.02. The van der Waals surface area contributed by atoms with Crippen LogP contribution in [-0.2, 0) is 9.47 Å². The third kappa shape index (κ3) is 2.98. The van der Waals surface area contributed by atoms with E-state index in [1.54, 1.807) is 11.0 Å². The first-order valence-electron chi connectivity index (χ1n) is 6.17. The first-order chi connectivity index (χ1) is 8.26. The van der Waals surface area contributed by atoms with Gasteiger partial charge in [0.15, 0.2) is 5.79 Å². The lowest BCUT2D eigenvalue weighted by Gasteiger charge is -2.43. The van der Waals surface area contributed by atoms with Crippen LogP contribution in [0.15, 0.2) is 12.7 Å². The van der Waals surface area contributed by atoms with Gasteiger partial charge in [-0.25, -0.2) is 4.79 Å². The Morgan fingerprint density at radius 1 is 1.35 bits per heavy atom. The van der Waals surface area contributed by atoms with Crippen LogP contribution in [0.5, 0.6) is 0 Å². The molecule has 2 heterocycles. The van der Waals surface area contributed by atoms with Crippen molar-refractivity contribution in [2.75, 3.05) is 32.8 Å². The molecule has 2 aliphatic rings. The third-order valence-electron chi connectivity index (χ3n) is 3.23. The molecule has 0 bridgehead atoms. The molecule has 0 atom stereocenters. The molecule has 96 valence electrons. The van der Waals surface area contributed by atoms with E-state index in [4.69, 9.17) is 9.47 Å². The van der Waals surface area contributed by atoms with Crippen molar-refractivity contribution >= 4 is 6.03 Å². The summed E-state index contributed by atoms with van der Waals surface area (Å²) in [4.78, 5) is 13.5. The summed E-state index contributed by atoms with van der Waals surface area (Å²) in [6.45, 7) is 6.98. The first-order valence-corrected chi connectivity index (χ1v) is 6.17. The third-order valence-corrected chi connectivity index (χ3v) is 3.23. The van der Waals surface area contributed by atoms with Crippen molar-refractivity contribution in [3.8, 4) is 0 Å². The molecule has 0 radical (unpaired) electrons. The zero-order valence-corrected chi connectivity index (χ0v) is 10.1. The molecule has 0 saturated carbocycles. The summed E-state index contributed by atoms with van der Waals surface area (Å²) in [5.74, 6) is -0.423. The van der Waals surface area contributed by atoms with Crippen molar-refractivity contribution in [3.05, 3.63) is 12.7 Å². The highest BCUT2D eigenvalue weighted by Crippen LogP contribution is 2.30. The van der Waals surface area contributed by atoms with Gasteiger partial charge >= 0.3 is 6.03 Å². The lowest BCUT2D eigenvalue weighted by atomic mass is 10.0. The van der Waals surface area contributed by atoms with Gasteiger partial charge < -0.3 is 19.7 Å². The number of likely N-dealkylation sites (tertiary alicyclic amines) is 1. The van der Waals surface area contributed by atoms with Gasteiger partial charge in [-0.1, -0.05) is 6.08 Å². The van der Waals surface area contributed by atoms with E-state index < -0.39 is 5.79 Å². The smallest absolute Gasteiger partial charge is 0.317 e. The molecule has 5 nitrogen and oxygen atoms in total. The second-order valence-electron chi connectivity index (χ2n) is 4.42. The zero-order chi connectivity index (χ0) is 12.1. The number of carbonyl (C=O) groups excluding carboxylic acids is 1. The van der Waals surface area contributed by atoms with E-state index in [0.717, 1.165) is 32.5 Å². The second kappa shape index (κ2) is 5.51. The molecule has 5 heteroatoms. The van der Waals surface area contributed by atoms with Gasteiger partial charge in [0.2, 0.25) is 0 Å². The number of hydrogen-bond donors (Lipinski definition) is 1. The maximum absolute atomic E-state index is 11.7. The number of ether oxygens (including phenoxy) is 2. The monoisotopic (exact) mass is 240 g/mol. The fourth-order valence-corrected chi connectivity index (χ4v) is 2.23. The summed E-state index contributed by atoms with van der Waals surface area (Å²) < 4.78 is 11.4. The average molecular weight is 240 g/mol. The van der Waals surface area contributed by atoms with Crippen molar-refractivity contribution in [3.63, 3.8) is 0 Å². The molecule has 0 aromatic rings. The number of urea groups is 1. The summed E-state index contributed by atoms with van der Waals surface area (Å²) in [5.41, 5.74) is 0. The normalized spacial score (nSPS) is 23.4. The molecular weight excluding hydrogens is 220 g/mol. The predicted octanol–water partition coefficient (Wildman–Crippen LogP) is 1.11. The van der Waals surface area contributed by atoms with Crippen LogP contribution in [0.2, 0.25) is 0 Å². The maximum atomic E-state index is 11.7. The van der Waals surface area contributed by atoms with Gasteiger partial charge in [-0.15, -0.1) is 6.58 Å². The SMILES string of the molecule is C=CCNC(=O)N1CCC2(CC1)OCCCO2. The van der Waals surface area contributed by atoms with E-state index in [0.29, 0.717) is 19.6 Å². The molecule has 2 aliphatic heterocycles. The molecule has 2 rings (SSSR count). The van der Waals surface area contributed by atoms with Crippen molar-refractivity contribution in [2.24, 2.45) is 0 Å². The van der Waals surface area contributed by atoms with Crippen LogP contribution in [0.25, 0.3) is 0 Å². The fourth-order valence-electron chi connectivity index (χ4n) is 2.23. The molecule has 1 N–H and O–H groups in total. The van der Waals surface area contributed by atoms with Gasteiger partial charge in [0.05, 0.1) is 13.2 Å². The number of hydrogen-bond acceptors (Lipinski definition) is 3. The standard InChI is InChI=1S/C12H20N2O3/c1-2-6-13-11(15)14-7-4-12(5-8-14)16-9-3-10-17-12/h2H,1,3-10H2,(H,13,15). The lowest BCUT2D eigenvalue weighted by molar-refractivity contribution is -0.281. The second-order valence-corrected chi connectivity index (χ2v) is 4.42. The Balaban J connectivity index is 1.80. The molecule has 2 fully saturated rings. The number of rotatable bonds is 2. The molecule has 2 saturated heterocycles. The molecule has 0 aromatic heterocycles. The Morgan fingerprint density at radius 3 is 2.59 bits per heavy atom. The van der Waals surface area contributed by atoms with Gasteiger partial charge in [0, 0.05) is 32.5 Å². The van der Waals surface area contributed by atoms with Crippen LogP contribution < -0.4 is 5.32 Å². The van der Waals surface area contributed by atoms with Crippen molar-refractivity contribution in [1.29, 1.82) is 0 Å². The maximum Gasteiger partial charge on any atom is 0.317 e. The predicted molar refractivity (Wildman–Crippen MR) is 63.7 cm³/mol. The van der Waals surface area contributed by atoms with Gasteiger partial charge in [-0.2, -0.15) is 0 Å². The van der Waals surface area contributed by atoms with Crippen LogP contribution in [0.3, 0.4) is 0 Å². The highest BCUT2D eigenvalue weighted by molar-refractivity contribution is 5.74. The van der Waals surface area contributed by atoms with E-state index >= 15 is 0 Å². The number of nitrogens with zero attached hydrogens (tertiary/aromatic N) is 1. The van der Waals surface area contributed by atoms with E-state index in [-0.39, 0.29) is 6.03 Å². The van der Waals surface area contributed by atoms with Crippen molar-refractivity contribution in [2.45, 2.75) is 25.0 Å². The van der Waals surface area contributed by atoms with Gasteiger partial charge in [0.1, 0.15) is 0 Å². The molecule has 2 amide bonds. The molecular formula is C12H20N2O3. The van der Waals surface area contributed by atoms with Gasteiger partial charge in [0.25, 0.3) is 0 Å². The van der Waals surface area contributed by atoms with E-state index in [9.17, 15) is 4.79 Å². The van der Waals surface area contributed by atoms with Crippen LogP contribution in [0, 0.1) is 0 Å². The average Bonchev–Trinajstić information content (AvgIpc) is 2.38. The summed E-state index contributed by atoms with van der Waals surface area (Å²) in [6.07, 6.45) is 4.16. The van der Waals surface area contributed by atoms with Gasteiger partial charge in [-0.05, 0) is 6.42 Å². The van der Waals surface area contributed by atoms with E-state index in [2.05, 4.69) is 11.9 Å².